The van der Waals surface area contributed by atoms with Gasteiger partial charge >= 0.3 is 0 Å². The monoisotopic (exact) mass is 434 g/mol. The smallest absolute Gasteiger partial charge is 0.269 e. The number of hydrogen-bond acceptors (Lipinski definition) is 5. The number of carbonyl (C=O) groups excluding carboxylic acids is 2. The molecule has 0 fully saturated rings. The number of fused-ring (bicyclic) bond motifs is 1. The lowest BCUT2D eigenvalue weighted by molar-refractivity contribution is 0.0993. The molecular weight excluding hydrogens is 416 g/mol. The SMILES string of the molecule is NC(=O)c1ccn(-c2ccc(NC(=O)c3cc(-c4ccncc4)nc4ccccc34)cc2)n1. The summed E-state index contributed by atoms with van der Waals surface area (Å²) in [5.41, 5.74) is 9.62. The van der Waals surface area contributed by atoms with Gasteiger partial charge in [-0.2, -0.15) is 5.10 Å². The molecule has 0 radical (unpaired) electrons. The molecule has 5 rings (SSSR count). The van der Waals surface area contributed by atoms with Crippen LogP contribution in [0.2, 0.25) is 0 Å². The highest BCUT2D eigenvalue weighted by molar-refractivity contribution is 6.13. The van der Waals surface area contributed by atoms with Gasteiger partial charge in [-0.15, -0.1) is 0 Å². The molecule has 0 unspecified atom stereocenters. The molecule has 3 heterocycles. The summed E-state index contributed by atoms with van der Waals surface area (Å²) in [6.07, 6.45) is 5.04. The second kappa shape index (κ2) is 8.35. The van der Waals surface area contributed by atoms with Gasteiger partial charge in [0.15, 0.2) is 0 Å². The van der Waals surface area contributed by atoms with Crippen LogP contribution in [0.3, 0.4) is 0 Å². The van der Waals surface area contributed by atoms with E-state index >= 15 is 0 Å². The van der Waals surface area contributed by atoms with Gasteiger partial charge in [0.25, 0.3) is 11.8 Å². The van der Waals surface area contributed by atoms with E-state index in [0.29, 0.717) is 16.9 Å². The molecular formula is C25H18N6O2. The Balaban J connectivity index is 1.44. The van der Waals surface area contributed by atoms with Crippen molar-refractivity contribution in [3.05, 3.63) is 103 Å². The standard InChI is InChI=1S/C25H18N6O2/c26-24(32)22-11-14-31(30-22)18-7-5-17(6-8-18)28-25(33)20-15-23(16-9-12-27-13-10-16)29-21-4-2-1-3-19(20)21/h1-15H,(H2,26,32)(H,28,33). The van der Waals surface area contributed by atoms with Crippen molar-refractivity contribution in [2.75, 3.05) is 5.32 Å². The molecule has 0 aliphatic carbocycles. The first kappa shape index (κ1) is 20.1. The number of nitrogens with two attached hydrogens (primary N) is 1. The normalized spacial score (nSPS) is 10.8. The first-order chi connectivity index (χ1) is 16.1. The van der Waals surface area contributed by atoms with Gasteiger partial charge in [0, 0.05) is 35.2 Å². The lowest BCUT2D eigenvalue weighted by atomic mass is 10.0. The molecule has 3 N–H and O–H groups in total. The number of carbonyl (C=O) groups is 2. The van der Waals surface area contributed by atoms with Gasteiger partial charge in [-0.25, -0.2) is 9.67 Å². The molecule has 2 aromatic carbocycles. The predicted molar refractivity (Wildman–Crippen MR) is 125 cm³/mol. The lowest BCUT2D eigenvalue weighted by Gasteiger charge is -2.11. The number of rotatable bonds is 5. The minimum atomic E-state index is -0.589. The second-order valence-electron chi connectivity index (χ2n) is 7.32. The zero-order chi connectivity index (χ0) is 22.8. The number of anilines is 1. The summed E-state index contributed by atoms with van der Waals surface area (Å²) < 4.78 is 1.54. The Bertz CT molecular complexity index is 1480. The Labute approximate surface area is 188 Å². The third-order valence-electron chi connectivity index (χ3n) is 5.17. The molecule has 0 bridgehead atoms. The molecule has 160 valence electrons. The number of nitrogens with one attached hydrogen (secondary N) is 1. The number of nitrogens with zero attached hydrogens (tertiary/aromatic N) is 4. The van der Waals surface area contributed by atoms with Gasteiger partial charge in [0.2, 0.25) is 0 Å². The van der Waals surface area contributed by atoms with Crippen molar-refractivity contribution in [3.63, 3.8) is 0 Å². The second-order valence-corrected chi connectivity index (χ2v) is 7.32. The van der Waals surface area contributed by atoms with Gasteiger partial charge < -0.3 is 11.1 Å². The van der Waals surface area contributed by atoms with Crippen molar-refractivity contribution in [1.82, 2.24) is 19.7 Å². The summed E-state index contributed by atoms with van der Waals surface area (Å²) in [5.74, 6) is -0.833. The zero-order valence-electron chi connectivity index (χ0n) is 17.3. The average molecular weight is 434 g/mol. The van der Waals surface area contributed by atoms with Crippen molar-refractivity contribution < 1.29 is 9.59 Å². The molecule has 3 aromatic heterocycles. The van der Waals surface area contributed by atoms with E-state index in [0.717, 1.165) is 22.2 Å². The Morgan fingerprint density at radius 2 is 1.67 bits per heavy atom. The summed E-state index contributed by atoms with van der Waals surface area (Å²) in [7, 11) is 0. The van der Waals surface area contributed by atoms with Gasteiger partial charge in [0.1, 0.15) is 5.69 Å². The predicted octanol–water partition coefficient (Wildman–Crippen LogP) is 3.83. The fourth-order valence-electron chi connectivity index (χ4n) is 3.53. The molecule has 5 aromatic rings. The van der Waals surface area contributed by atoms with Crippen LogP contribution in [0.25, 0.3) is 27.8 Å². The number of para-hydroxylation sites is 1. The van der Waals surface area contributed by atoms with Crippen LogP contribution in [0.1, 0.15) is 20.8 Å². The fourth-order valence-corrected chi connectivity index (χ4v) is 3.53. The first-order valence-electron chi connectivity index (χ1n) is 10.2. The number of hydrogen-bond donors (Lipinski definition) is 2. The number of primary amides is 1. The maximum absolute atomic E-state index is 13.2. The van der Waals surface area contributed by atoms with Crippen LogP contribution in [0.15, 0.2) is 91.4 Å². The Hall–Kier alpha value is -4.85. The van der Waals surface area contributed by atoms with Gasteiger partial charge in [-0.05, 0) is 54.6 Å². The number of aromatic nitrogens is 4. The van der Waals surface area contributed by atoms with Gasteiger partial charge in [0.05, 0.1) is 22.5 Å². The Kier molecular flexibility index (Phi) is 5.08. The minimum Gasteiger partial charge on any atom is -0.364 e. The molecule has 0 saturated heterocycles. The van der Waals surface area contributed by atoms with Crippen molar-refractivity contribution in [3.8, 4) is 16.9 Å². The van der Waals surface area contributed by atoms with E-state index in [4.69, 9.17) is 10.7 Å². The maximum atomic E-state index is 13.2. The Morgan fingerprint density at radius 3 is 2.39 bits per heavy atom. The van der Waals surface area contributed by atoms with E-state index in [-0.39, 0.29) is 11.6 Å². The molecule has 0 saturated carbocycles. The maximum Gasteiger partial charge on any atom is 0.269 e. The largest absolute Gasteiger partial charge is 0.364 e. The Morgan fingerprint density at radius 1 is 0.909 bits per heavy atom. The summed E-state index contributed by atoms with van der Waals surface area (Å²) >= 11 is 0. The van der Waals surface area contributed by atoms with E-state index in [9.17, 15) is 9.59 Å². The zero-order valence-corrected chi connectivity index (χ0v) is 17.3. The van der Waals surface area contributed by atoms with Crippen LogP contribution >= 0.6 is 0 Å². The highest BCUT2D eigenvalue weighted by Gasteiger charge is 2.14. The van der Waals surface area contributed by atoms with Crippen molar-refractivity contribution in [2.45, 2.75) is 0 Å². The molecule has 0 aliphatic heterocycles. The fraction of sp³-hybridized carbons (Fsp3) is 0. The summed E-state index contributed by atoms with van der Waals surface area (Å²) in [4.78, 5) is 33.2. The highest BCUT2D eigenvalue weighted by Crippen LogP contribution is 2.25. The van der Waals surface area contributed by atoms with Crippen LogP contribution in [0.4, 0.5) is 5.69 Å². The topological polar surface area (TPSA) is 116 Å². The van der Waals surface area contributed by atoms with E-state index < -0.39 is 5.91 Å². The summed E-state index contributed by atoms with van der Waals surface area (Å²) in [6.45, 7) is 0. The van der Waals surface area contributed by atoms with Crippen molar-refractivity contribution >= 4 is 28.4 Å². The van der Waals surface area contributed by atoms with Crippen LogP contribution < -0.4 is 11.1 Å². The first-order valence-corrected chi connectivity index (χ1v) is 10.2. The molecule has 8 nitrogen and oxygen atoms in total. The molecule has 0 spiro atoms. The third kappa shape index (κ3) is 4.05. The molecule has 0 atom stereocenters. The number of amides is 2. The molecule has 33 heavy (non-hydrogen) atoms. The van der Waals surface area contributed by atoms with Crippen molar-refractivity contribution in [1.29, 1.82) is 0 Å². The highest BCUT2D eigenvalue weighted by atomic mass is 16.2. The van der Waals surface area contributed by atoms with E-state index in [1.807, 2.05) is 36.4 Å². The van der Waals surface area contributed by atoms with E-state index in [2.05, 4.69) is 15.4 Å². The lowest BCUT2D eigenvalue weighted by Crippen LogP contribution is -2.13. The molecule has 0 aliphatic rings. The summed E-state index contributed by atoms with van der Waals surface area (Å²) in [6, 6.07) is 21.7. The van der Waals surface area contributed by atoms with Gasteiger partial charge in [-0.3, -0.25) is 14.6 Å². The van der Waals surface area contributed by atoms with E-state index in [1.54, 1.807) is 59.7 Å². The number of benzene rings is 2. The van der Waals surface area contributed by atoms with Crippen LogP contribution in [0, 0.1) is 0 Å². The van der Waals surface area contributed by atoms with Crippen LogP contribution in [-0.4, -0.2) is 31.6 Å². The van der Waals surface area contributed by atoms with E-state index in [1.165, 1.54) is 0 Å². The quantitative estimate of drug-likeness (QED) is 0.436. The average Bonchev–Trinajstić information content (AvgIpc) is 3.35. The molecule has 8 heteroatoms. The summed E-state index contributed by atoms with van der Waals surface area (Å²) in [5, 5.41) is 7.85. The van der Waals surface area contributed by atoms with Crippen LogP contribution in [-0.2, 0) is 0 Å². The van der Waals surface area contributed by atoms with Crippen LogP contribution in [0.5, 0.6) is 0 Å². The van der Waals surface area contributed by atoms with Gasteiger partial charge in [-0.1, -0.05) is 18.2 Å². The number of pyridine rings is 2. The van der Waals surface area contributed by atoms with Crippen molar-refractivity contribution in [2.24, 2.45) is 5.73 Å². The molecule has 2 amide bonds. The minimum absolute atomic E-state index is 0.182. The third-order valence-corrected chi connectivity index (χ3v) is 5.17.